The normalized spacial score (nSPS) is 19.1. The van der Waals surface area contributed by atoms with E-state index in [1.54, 1.807) is 16.4 Å². The number of halogens is 1. The summed E-state index contributed by atoms with van der Waals surface area (Å²) in [6, 6.07) is 7.38. The van der Waals surface area contributed by atoms with Crippen LogP contribution in [0.2, 0.25) is 5.02 Å². The summed E-state index contributed by atoms with van der Waals surface area (Å²) in [6.45, 7) is 0.804. The van der Waals surface area contributed by atoms with E-state index in [0.717, 1.165) is 35.4 Å². The highest BCUT2D eigenvalue weighted by Crippen LogP contribution is 2.36. The van der Waals surface area contributed by atoms with Crippen molar-refractivity contribution >= 4 is 21.6 Å². The zero-order valence-electron chi connectivity index (χ0n) is 11.8. The fraction of sp³-hybridized carbons (Fsp3) is 0.400. The quantitative estimate of drug-likeness (QED) is 0.863. The molecule has 1 aromatic heterocycles. The van der Waals surface area contributed by atoms with Crippen LogP contribution in [-0.2, 0) is 23.0 Å². The number of benzene rings is 1. The smallest absolute Gasteiger partial charge is 0.217 e. The first kappa shape index (κ1) is 14.2. The maximum absolute atomic E-state index is 12.3. The van der Waals surface area contributed by atoms with Gasteiger partial charge in [0.05, 0.1) is 11.8 Å². The molecule has 0 spiro atoms. The molecule has 1 aliphatic carbocycles. The third-order valence-electron chi connectivity index (χ3n) is 4.22. The number of sulfonamides is 1. The maximum Gasteiger partial charge on any atom is 0.217 e. The van der Waals surface area contributed by atoms with Crippen molar-refractivity contribution in [2.75, 3.05) is 6.54 Å². The Hall–Kier alpha value is -1.37. The summed E-state index contributed by atoms with van der Waals surface area (Å²) in [5, 5.41) is 4.57. The molecule has 1 saturated carbocycles. The lowest BCUT2D eigenvalue weighted by Crippen LogP contribution is -2.38. The molecule has 2 aromatic rings. The van der Waals surface area contributed by atoms with Crippen LogP contribution in [0.25, 0.3) is 11.3 Å². The Morgan fingerprint density at radius 3 is 2.64 bits per heavy atom. The number of nitrogens with zero attached hydrogens (tertiary/aromatic N) is 2. The van der Waals surface area contributed by atoms with Gasteiger partial charge in [-0.1, -0.05) is 16.8 Å². The molecule has 0 amide bonds. The van der Waals surface area contributed by atoms with Gasteiger partial charge in [0, 0.05) is 22.7 Å². The Labute approximate surface area is 133 Å². The highest BCUT2D eigenvalue weighted by atomic mass is 35.5. The Morgan fingerprint density at radius 2 is 1.95 bits per heavy atom. The van der Waals surface area contributed by atoms with Gasteiger partial charge in [-0.15, -0.1) is 0 Å². The summed E-state index contributed by atoms with van der Waals surface area (Å²) < 4.78 is 31.7. The summed E-state index contributed by atoms with van der Waals surface area (Å²) >= 11 is 5.90. The molecule has 0 atom stereocenters. The van der Waals surface area contributed by atoms with Gasteiger partial charge in [-0.25, -0.2) is 8.42 Å². The summed E-state index contributed by atoms with van der Waals surface area (Å²) in [7, 11) is -3.16. The average molecular weight is 339 g/mol. The van der Waals surface area contributed by atoms with Crippen molar-refractivity contribution < 1.29 is 12.9 Å². The molecule has 0 radical (unpaired) electrons. The molecule has 0 saturated heterocycles. The van der Waals surface area contributed by atoms with E-state index in [1.165, 1.54) is 0 Å². The largest absolute Gasteiger partial charge is 0.356 e. The third-order valence-corrected chi connectivity index (χ3v) is 6.82. The van der Waals surface area contributed by atoms with Crippen LogP contribution in [0.3, 0.4) is 0 Å². The van der Waals surface area contributed by atoms with Crippen LogP contribution in [0.1, 0.15) is 24.1 Å². The van der Waals surface area contributed by atoms with Gasteiger partial charge in [-0.3, -0.25) is 0 Å². The first-order valence-corrected chi connectivity index (χ1v) is 9.16. The molecule has 1 aromatic carbocycles. The molecule has 7 heteroatoms. The lowest BCUT2D eigenvalue weighted by Gasteiger charge is -2.25. The molecule has 5 nitrogen and oxygen atoms in total. The van der Waals surface area contributed by atoms with E-state index in [4.69, 9.17) is 16.1 Å². The van der Waals surface area contributed by atoms with Crippen molar-refractivity contribution in [1.82, 2.24) is 9.46 Å². The maximum atomic E-state index is 12.3. The fourth-order valence-electron chi connectivity index (χ4n) is 2.83. The van der Waals surface area contributed by atoms with Gasteiger partial charge in [0.2, 0.25) is 10.0 Å². The molecule has 4 rings (SSSR count). The molecule has 1 fully saturated rings. The second-order valence-electron chi connectivity index (χ2n) is 5.77. The highest BCUT2D eigenvalue weighted by Gasteiger charge is 2.42. The molecule has 2 heterocycles. The monoisotopic (exact) mass is 338 g/mol. The Balaban J connectivity index is 1.64. The molecule has 1 aliphatic heterocycles. The predicted octanol–water partition coefficient (Wildman–Crippen LogP) is 2.85. The molecular formula is C15H15ClN2O3S. The van der Waals surface area contributed by atoms with E-state index in [-0.39, 0.29) is 5.25 Å². The van der Waals surface area contributed by atoms with E-state index in [0.29, 0.717) is 24.5 Å². The fourth-order valence-corrected chi connectivity index (χ4v) is 4.76. The van der Waals surface area contributed by atoms with Gasteiger partial charge >= 0.3 is 0 Å². The molecule has 116 valence electrons. The molecule has 0 unspecified atom stereocenters. The minimum Gasteiger partial charge on any atom is -0.356 e. The van der Waals surface area contributed by atoms with Crippen molar-refractivity contribution in [2.24, 2.45) is 0 Å². The molecular weight excluding hydrogens is 324 g/mol. The van der Waals surface area contributed by atoms with E-state index in [9.17, 15) is 8.42 Å². The summed E-state index contributed by atoms with van der Waals surface area (Å²) in [5.41, 5.74) is 2.64. The van der Waals surface area contributed by atoms with Gasteiger partial charge in [0.15, 0.2) is 5.76 Å². The van der Waals surface area contributed by atoms with Crippen LogP contribution in [0.15, 0.2) is 28.8 Å². The van der Waals surface area contributed by atoms with Crippen LogP contribution in [-0.4, -0.2) is 29.7 Å². The SMILES string of the molecule is O=S(=O)(C1CC1)N1CCc2c(noc2-c2ccc(Cl)cc2)C1. The van der Waals surface area contributed by atoms with Crippen LogP contribution < -0.4 is 0 Å². The first-order valence-electron chi connectivity index (χ1n) is 7.28. The van der Waals surface area contributed by atoms with Crippen molar-refractivity contribution in [3.63, 3.8) is 0 Å². The Bertz CT molecular complexity index is 810. The number of aromatic nitrogens is 1. The molecule has 2 aliphatic rings. The van der Waals surface area contributed by atoms with Crippen LogP contribution in [0, 0.1) is 0 Å². The molecule has 0 bridgehead atoms. The predicted molar refractivity (Wildman–Crippen MR) is 83.0 cm³/mol. The molecule has 22 heavy (non-hydrogen) atoms. The zero-order chi connectivity index (χ0) is 15.3. The van der Waals surface area contributed by atoms with Crippen LogP contribution in [0.5, 0.6) is 0 Å². The first-order chi connectivity index (χ1) is 10.6. The van der Waals surface area contributed by atoms with E-state index >= 15 is 0 Å². The minimum atomic E-state index is -3.16. The second kappa shape index (κ2) is 5.08. The lowest BCUT2D eigenvalue weighted by molar-refractivity contribution is 0.370. The van der Waals surface area contributed by atoms with Crippen molar-refractivity contribution in [2.45, 2.75) is 31.1 Å². The summed E-state index contributed by atoms with van der Waals surface area (Å²) in [5.74, 6) is 0.718. The van der Waals surface area contributed by atoms with E-state index < -0.39 is 10.0 Å². The standard InChI is InChI=1S/C15H15ClN2O3S/c16-11-3-1-10(2-4-11)15-13-7-8-18(9-14(13)17-21-15)22(19,20)12-5-6-12/h1-4,12H,5-9H2. The third kappa shape index (κ3) is 2.35. The second-order valence-corrected chi connectivity index (χ2v) is 8.42. The van der Waals surface area contributed by atoms with Gasteiger partial charge < -0.3 is 4.52 Å². The Kier molecular flexibility index (Phi) is 3.29. The Morgan fingerprint density at radius 1 is 1.23 bits per heavy atom. The topological polar surface area (TPSA) is 63.4 Å². The average Bonchev–Trinajstić information content (AvgIpc) is 3.29. The summed E-state index contributed by atoms with van der Waals surface area (Å²) in [4.78, 5) is 0. The number of hydrogen-bond acceptors (Lipinski definition) is 4. The number of rotatable bonds is 3. The number of hydrogen-bond donors (Lipinski definition) is 0. The van der Waals surface area contributed by atoms with E-state index in [1.807, 2.05) is 12.1 Å². The number of fused-ring (bicyclic) bond motifs is 1. The zero-order valence-corrected chi connectivity index (χ0v) is 13.4. The van der Waals surface area contributed by atoms with Gasteiger partial charge in [-0.2, -0.15) is 4.31 Å². The highest BCUT2D eigenvalue weighted by molar-refractivity contribution is 7.90. The lowest BCUT2D eigenvalue weighted by atomic mass is 10.0. The molecule has 0 N–H and O–H groups in total. The van der Waals surface area contributed by atoms with E-state index in [2.05, 4.69) is 5.16 Å². The van der Waals surface area contributed by atoms with Gasteiger partial charge in [-0.05, 0) is 43.5 Å². The minimum absolute atomic E-state index is 0.184. The van der Waals surface area contributed by atoms with Crippen LogP contribution >= 0.6 is 11.6 Å². The van der Waals surface area contributed by atoms with Gasteiger partial charge in [0.1, 0.15) is 5.69 Å². The van der Waals surface area contributed by atoms with Crippen molar-refractivity contribution in [3.05, 3.63) is 40.5 Å². The van der Waals surface area contributed by atoms with Crippen molar-refractivity contribution in [3.8, 4) is 11.3 Å². The summed E-state index contributed by atoms with van der Waals surface area (Å²) in [6.07, 6.45) is 2.18. The van der Waals surface area contributed by atoms with Crippen LogP contribution in [0.4, 0.5) is 0 Å². The van der Waals surface area contributed by atoms with Crippen molar-refractivity contribution in [1.29, 1.82) is 0 Å². The van der Waals surface area contributed by atoms with Gasteiger partial charge in [0.25, 0.3) is 0 Å².